The number of aliphatic hydroxyl groups is 1. The van der Waals surface area contributed by atoms with E-state index in [1.165, 1.54) is 34.9 Å². The lowest BCUT2D eigenvalue weighted by molar-refractivity contribution is -0.136. The van der Waals surface area contributed by atoms with Gasteiger partial charge in [0.2, 0.25) is 17.7 Å². The predicted molar refractivity (Wildman–Crippen MR) is 319 cm³/mol. The number of benzene rings is 7. The minimum atomic E-state index is -0.940. The minimum Gasteiger partial charge on any atom is -0.481 e. The highest BCUT2D eigenvalue weighted by Crippen LogP contribution is 2.37. The van der Waals surface area contributed by atoms with E-state index in [1.807, 2.05) is 95.3 Å². The molecule has 3 amide bonds. The molecule has 0 saturated heterocycles. The molecule has 0 radical (unpaired) electrons. The van der Waals surface area contributed by atoms with Gasteiger partial charge < -0.3 is 29.6 Å². The molecule has 0 aromatic heterocycles. The first kappa shape index (κ1) is 60.7. The van der Waals surface area contributed by atoms with Crippen LogP contribution in [0.15, 0.2) is 146 Å². The van der Waals surface area contributed by atoms with Crippen LogP contribution in [0.1, 0.15) is 110 Å². The number of ether oxygens (including phenoxy) is 1. The van der Waals surface area contributed by atoms with Crippen molar-refractivity contribution in [2.75, 3.05) is 7.11 Å². The van der Waals surface area contributed by atoms with Gasteiger partial charge in [0.05, 0.1) is 63.1 Å². The Kier molecular flexibility index (Phi) is 21.5. The van der Waals surface area contributed by atoms with Gasteiger partial charge in [0.25, 0.3) is 0 Å². The fraction of sp³-hybridized carbons (Fsp3) is 0.242. The van der Waals surface area contributed by atoms with Gasteiger partial charge >= 0.3 is 11.9 Å². The zero-order valence-electron chi connectivity index (χ0n) is 43.7. The van der Waals surface area contributed by atoms with Crippen LogP contribution in [-0.2, 0) is 75.8 Å². The summed E-state index contributed by atoms with van der Waals surface area (Å²) in [5, 5.41) is 20.3. The van der Waals surface area contributed by atoms with E-state index in [1.54, 1.807) is 54.6 Å². The number of aliphatic hydroxyl groups excluding tert-OH is 1. The number of carbonyl (C=O) groups is 5. The number of amides is 3. The Bertz CT molecular complexity index is 3350. The minimum absolute atomic E-state index is 0.0118. The van der Waals surface area contributed by atoms with E-state index in [2.05, 4.69) is 53.8 Å². The van der Waals surface area contributed by atoms with Gasteiger partial charge in [0.15, 0.2) is 0 Å². The summed E-state index contributed by atoms with van der Waals surface area (Å²) < 4.78 is 5.83. The highest BCUT2D eigenvalue weighted by molar-refractivity contribution is 14.1. The standard InChI is InChI=1S/C19H18ClNO3.C18H18ClNO2.C17H15ClINO.C8H6Cl2O2/c1-12-14-7-4-3-6-13(14)11-21(12)18(22)10-16-15(19(23)24-2)8-5-9-17(16)20;1-12-15-7-3-2-5-13(15)10-20(12)18(22)9-16-14(11-21)6-4-8-17(16)19;1-11-13-6-3-2-5-12(13)10-20(11)17(21)9-14-15(18)7-4-8-16(14)19;9-6-2-1-3-7(10)5(6)4-8(11)12/h3-9,12H,10-11H2,1-2H3;2-8,12,21H,9-11H2,1H3;2-8,11H,9-10H2,1H3;1-3H,4H2,(H,11,12)/t2*12-;11-;/m000./s1. The van der Waals surface area contributed by atoms with Crippen molar-refractivity contribution in [1.29, 1.82) is 0 Å². The molecule has 0 spiro atoms. The molecule has 7 aromatic rings. The molecule has 0 saturated carbocycles. The van der Waals surface area contributed by atoms with Crippen LogP contribution >= 0.6 is 80.6 Å². The molecule has 0 aliphatic carbocycles. The lowest BCUT2D eigenvalue weighted by Crippen LogP contribution is -2.30. The van der Waals surface area contributed by atoms with Crippen LogP contribution in [0.25, 0.3) is 0 Å². The second-order valence-corrected chi connectivity index (χ2v) is 22.2. The molecule has 10 rings (SSSR count). The zero-order valence-corrected chi connectivity index (χ0v) is 49.6. The number of halogens is 6. The second kappa shape index (κ2) is 27.9. The Morgan fingerprint density at radius 3 is 1.24 bits per heavy atom. The van der Waals surface area contributed by atoms with Crippen LogP contribution in [-0.4, -0.2) is 61.7 Å². The third-order valence-corrected chi connectivity index (χ3v) is 17.0. The van der Waals surface area contributed by atoms with E-state index >= 15 is 0 Å². The molecule has 11 nitrogen and oxygen atoms in total. The summed E-state index contributed by atoms with van der Waals surface area (Å²) in [5.74, 6) is -1.32. The number of methoxy groups -OCH3 is 1. The van der Waals surface area contributed by atoms with Gasteiger partial charge in [-0.1, -0.05) is 161 Å². The molecule has 0 bridgehead atoms. The lowest BCUT2D eigenvalue weighted by Gasteiger charge is -2.23. The van der Waals surface area contributed by atoms with Crippen LogP contribution in [0.4, 0.5) is 0 Å². The van der Waals surface area contributed by atoms with Gasteiger partial charge in [-0.15, -0.1) is 0 Å². The number of hydrogen-bond acceptors (Lipinski definition) is 7. The van der Waals surface area contributed by atoms with Gasteiger partial charge in [-0.05, 0) is 141 Å². The van der Waals surface area contributed by atoms with E-state index in [9.17, 15) is 29.1 Å². The number of carboxylic acid groups (broad SMARTS) is 1. The van der Waals surface area contributed by atoms with Gasteiger partial charge in [0.1, 0.15) is 0 Å². The Morgan fingerprint density at radius 2 is 0.835 bits per heavy atom. The van der Waals surface area contributed by atoms with E-state index in [0.717, 1.165) is 20.3 Å². The quantitative estimate of drug-likeness (QED) is 0.102. The first-order valence-electron chi connectivity index (χ1n) is 25.2. The molecule has 0 fully saturated rings. The average Bonchev–Trinajstić information content (AvgIpc) is 4.13. The summed E-state index contributed by atoms with van der Waals surface area (Å²) in [6, 6.07) is 45.6. The van der Waals surface area contributed by atoms with Crippen LogP contribution in [0.3, 0.4) is 0 Å². The summed E-state index contributed by atoms with van der Waals surface area (Å²) in [5.41, 5.74) is 10.9. The van der Waals surface area contributed by atoms with Gasteiger partial charge in [-0.2, -0.15) is 0 Å². The number of aliphatic carboxylic acids is 1. The average molecular weight is 1280 g/mol. The molecule has 3 heterocycles. The first-order valence-corrected chi connectivity index (χ1v) is 28.2. The van der Waals surface area contributed by atoms with E-state index in [0.29, 0.717) is 73.4 Å². The van der Waals surface area contributed by atoms with Crippen LogP contribution in [0, 0.1) is 3.57 Å². The Hall–Kier alpha value is -5.97. The maximum Gasteiger partial charge on any atom is 0.338 e. The number of carbonyl (C=O) groups excluding carboxylic acids is 4. The third kappa shape index (κ3) is 14.7. The monoisotopic (exact) mass is 1270 g/mol. The summed E-state index contributed by atoms with van der Waals surface area (Å²) in [7, 11) is 1.31. The number of esters is 1. The Labute approximate surface area is 499 Å². The summed E-state index contributed by atoms with van der Waals surface area (Å²) in [4.78, 5) is 66.1. The molecule has 3 aliphatic heterocycles. The number of carboxylic acids is 1. The van der Waals surface area contributed by atoms with Crippen molar-refractivity contribution in [3.63, 3.8) is 0 Å². The van der Waals surface area contributed by atoms with Crippen molar-refractivity contribution in [1.82, 2.24) is 14.7 Å². The first-order chi connectivity index (χ1) is 37.8. The molecule has 17 heteroatoms. The summed E-state index contributed by atoms with van der Waals surface area (Å²) >= 11 is 32.3. The van der Waals surface area contributed by atoms with Crippen molar-refractivity contribution in [3.8, 4) is 0 Å². The maximum atomic E-state index is 12.8. The predicted octanol–water partition coefficient (Wildman–Crippen LogP) is 14.5. The fourth-order valence-corrected chi connectivity index (χ4v) is 12.1. The Morgan fingerprint density at radius 1 is 0.481 bits per heavy atom. The fourth-order valence-electron chi connectivity index (χ4n) is 9.94. The van der Waals surface area contributed by atoms with Gasteiger partial charge in [-0.3, -0.25) is 19.2 Å². The van der Waals surface area contributed by atoms with Crippen molar-refractivity contribution in [3.05, 3.63) is 241 Å². The molecule has 2 N–H and O–H groups in total. The maximum absolute atomic E-state index is 12.8. The number of fused-ring (bicyclic) bond motifs is 3. The van der Waals surface area contributed by atoms with Crippen molar-refractivity contribution < 1.29 is 38.9 Å². The molecule has 7 aromatic carbocycles. The second-order valence-electron chi connectivity index (χ2n) is 19.0. The van der Waals surface area contributed by atoms with Crippen LogP contribution in [0.5, 0.6) is 0 Å². The number of rotatable bonds is 10. The summed E-state index contributed by atoms with van der Waals surface area (Å²) in [6.07, 6.45) is 0.505. The Balaban J connectivity index is 0.000000156. The molecular formula is C62H57Cl5IN3O8. The molecule has 3 aliphatic rings. The van der Waals surface area contributed by atoms with Crippen LogP contribution < -0.4 is 0 Å². The van der Waals surface area contributed by atoms with E-state index in [4.69, 9.17) is 67.8 Å². The highest BCUT2D eigenvalue weighted by atomic mass is 127. The molecule has 3 atom stereocenters. The van der Waals surface area contributed by atoms with Gasteiger partial charge in [-0.25, -0.2) is 4.79 Å². The van der Waals surface area contributed by atoms with Gasteiger partial charge in [0, 0.05) is 53.9 Å². The smallest absolute Gasteiger partial charge is 0.338 e. The van der Waals surface area contributed by atoms with Crippen molar-refractivity contribution >= 4 is 110 Å². The third-order valence-electron chi connectivity index (χ3n) is 14.2. The molecular weight excluding hydrogens is 1220 g/mol. The lowest BCUT2D eigenvalue weighted by atomic mass is 10.0. The molecule has 79 heavy (non-hydrogen) atoms. The normalized spacial score (nSPS) is 15.5. The van der Waals surface area contributed by atoms with Crippen molar-refractivity contribution in [2.24, 2.45) is 0 Å². The summed E-state index contributed by atoms with van der Waals surface area (Å²) in [6.45, 7) is 7.93. The topological polar surface area (TPSA) is 145 Å². The number of hydrogen-bond donors (Lipinski definition) is 2. The zero-order chi connectivity index (χ0) is 57.1. The van der Waals surface area contributed by atoms with Crippen molar-refractivity contribution in [2.45, 2.75) is 90.8 Å². The largest absolute Gasteiger partial charge is 0.481 e. The van der Waals surface area contributed by atoms with E-state index in [-0.39, 0.29) is 61.7 Å². The molecule has 0 unspecified atom stereocenters. The molecule has 410 valence electrons. The van der Waals surface area contributed by atoms with Crippen LogP contribution in [0.2, 0.25) is 25.1 Å². The van der Waals surface area contributed by atoms with E-state index < -0.39 is 11.9 Å². The highest BCUT2D eigenvalue weighted by Gasteiger charge is 2.33. The number of nitrogens with zero attached hydrogens (tertiary/aromatic N) is 3. The SMILES string of the molecule is COC(=O)c1cccc(Cl)c1CC(=O)N1Cc2ccccc2[C@@H]1C.C[C@H]1c2ccccc2CN1C(=O)Cc1c(Cl)cccc1CO.C[C@H]1c2ccccc2CN1C(=O)Cc1c(Cl)cccc1I.O=C(O)Cc1c(Cl)cccc1Cl.